The van der Waals surface area contributed by atoms with E-state index in [0.717, 1.165) is 16.8 Å². The lowest BCUT2D eigenvalue weighted by Crippen LogP contribution is -2.14. The molecule has 0 saturated carbocycles. The summed E-state index contributed by atoms with van der Waals surface area (Å²) in [6, 6.07) is 10.6. The molecule has 0 spiro atoms. The molecule has 0 saturated heterocycles. The molecule has 0 aromatic heterocycles. The largest absolute Gasteiger partial charge is 0.399 e. The number of carbonyl (C=O) groups is 1. The molecule has 0 aliphatic carbocycles. The molecule has 2 aromatic rings. The maximum Gasteiger partial charge on any atom is 0.255 e. The zero-order valence-corrected chi connectivity index (χ0v) is 11.6. The molecule has 2 aromatic carbocycles. The quantitative estimate of drug-likeness (QED) is 0.819. The van der Waals surface area contributed by atoms with Crippen molar-refractivity contribution in [2.24, 2.45) is 0 Å². The number of rotatable bonds is 2. The van der Waals surface area contributed by atoms with E-state index in [4.69, 9.17) is 17.3 Å². The second-order valence-corrected chi connectivity index (χ2v) is 4.92. The van der Waals surface area contributed by atoms with Crippen LogP contribution in [-0.4, -0.2) is 5.91 Å². The summed E-state index contributed by atoms with van der Waals surface area (Å²) in [6.07, 6.45) is 0. The molecular formula is C15H15ClN2O. The van der Waals surface area contributed by atoms with E-state index in [-0.39, 0.29) is 5.91 Å². The molecule has 0 fully saturated rings. The van der Waals surface area contributed by atoms with E-state index in [1.165, 1.54) is 0 Å². The van der Waals surface area contributed by atoms with Crippen LogP contribution in [0.15, 0.2) is 36.4 Å². The molecule has 0 unspecified atom stereocenters. The molecule has 0 aliphatic rings. The van der Waals surface area contributed by atoms with E-state index in [1.54, 1.807) is 30.3 Å². The maximum atomic E-state index is 12.2. The molecule has 3 nitrogen and oxygen atoms in total. The predicted octanol–water partition coefficient (Wildman–Crippen LogP) is 3.79. The average Bonchev–Trinajstić information content (AvgIpc) is 2.33. The number of hydrogen-bond donors (Lipinski definition) is 2. The number of nitrogens with two attached hydrogens (primary N) is 1. The first kappa shape index (κ1) is 13.4. The fourth-order valence-corrected chi connectivity index (χ4v) is 2.07. The number of halogens is 1. The molecule has 98 valence electrons. The zero-order valence-electron chi connectivity index (χ0n) is 10.8. The predicted molar refractivity (Wildman–Crippen MR) is 79.7 cm³/mol. The number of nitrogen functional groups attached to an aromatic ring is 1. The highest BCUT2D eigenvalue weighted by molar-refractivity contribution is 6.30. The summed E-state index contributed by atoms with van der Waals surface area (Å²) in [4.78, 5) is 12.2. The second kappa shape index (κ2) is 5.33. The van der Waals surface area contributed by atoms with Crippen molar-refractivity contribution in [2.45, 2.75) is 13.8 Å². The van der Waals surface area contributed by atoms with Gasteiger partial charge in [-0.25, -0.2) is 0 Å². The van der Waals surface area contributed by atoms with Gasteiger partial charge in [0.1, 0.15) is 0 Å². The Morgan fingerprint density at radius 3 is 2.53 bits per heavy atom. The van der Waals surface area contributed by atoms with E-state index in [2.05, 4.69) is 5.32 Å². The number of benzene rings is 2. The lowest BCUT2D eigenvalue weighted by atomic mass is 10.1. The van der Waals surface area contributed by atoms with Crippen LogP contribution in [0.1, 0.15) is 21.5 Å². The van der Waals surface area contributed by atoms with Crippen LogP contribution in [0.2, 0.25) is 5.02 Å². The first-order valence-corrected chi connectivity index (χ1v) is 6.29. The molecule has 4 heteroatoms. The minimum Gasteiger partial charge on any atom is -0.399 e. The topological polar surface area (TPSA) is 55.1 Å². The van der Waals surface area contributed by atoms with Crippen LogP contribution < -0.4 is 11.1 Å². The normalized spacial score (nSPS) is 10.3. The molecule has 0 aliphatic heterocycles. The van der Waals surface area contributed by atoms with Gasteiger partial charge in [-0.05, 0) is 55.3 Å². The molecule has 1 amide bonds. The van der Waals surface area contributed by atoms with Crippen molar-refractivity contribution in [3.8, 4) is 0 Å². The van der Waals surface area contributed by atoms with E-state index in [1.807, 2.05) is 19.9 Å². The Hall–Kier alpha value is -2.00. The van der Waals surface area contributed by atoms with Gasteiger partial charge in [-0.2, -0.15) is 0 Å². The summed E-state index contributed by atoms with van der Waals surface area (Å²) in [7, 11) is 0. The highest BCUT2D eigenvalue weighted by atomic mass is 35.5. The summed E-state index contributed by atoms with van der Waals surface area (Å²) in [5.74, 6) is -0.164. The van der Waals surface area contributed by atoms with Crippen LogP contribution >= 0.6 is 11.6 Å². The summed E-state index contributed by atoms with van der Waals surface area (Å²) < 4.78 is 0. The standard InChI is InChI=1S/C15H15ClN2O/c1-9-3-5-12(17)8-14(9)18-15(19)13-6-4-11(16)7-10(13)2/h3-8H,17H2,1-2H3,(H,18,19). The van der Waals surface area contributed by atoms with Crippen molar-refractivity contribution in [3.63, 3.8) is 0 Å². The highest BCUT2D eigenvalue weighted by Gasteiger charge is 2.10. The van der Waals surface area contributed by atoms with Crippen LogP contribution in [0.3, 0.4) is 0 Å². The SMILES string of the molecule is Cc1ccc(N)cc1NC(=O)c1ccc(Cl)cc1C. The minimum absolute atomic E-state index is 0.164. The van der Waals surface area contributed by atoms with Crippen LogP contribution in [0, 0.1) is 13.8 Å². The van der Waals surface area contributed by atoms with Gasteiger partial charge < -0.3 is 11.1 Å². The monoisotopic (exact) mass is 274 g/mol. The van der Waals surface area contributed by atoms with E-state index >= 15 is 0 Å². The number of carbonyl (C=O) groups excluding carboxylic acids is 1. The van der Waals surface area contributed by atoms with Gasteiger partial charge in [0.15, 0.2) is 0 Å². The van der Waals surface area contributed by atoms with E-state index < -0.39 is 0 Å². The Morgan fingerprint density at radius 1 is 1.11 bits per heavy atom. The van der Waals surface area contributed by atoms with Gasteiger partial charge >= 0.3 is 0 Å². The average molecular weight is 275 g/mol. The summed E-state index contributed by atoms with van der Waals surface area (Å²) in [6.45, 7) is 3.77. The lowest BCUT2D eigenvalue weighted by Gasteiger charge is -2.11. The maximum absolute atomic E-state index is 12.2. The number of amides is 1. The van der Waals surface area contributed by atoms with Crippen molar-refractivity contribution in [3.05, 3.63) is 58.1 Å². The van der Waals surface area contributed by atoms with Crippen LogP contribution in [-0.2, 0) is 0 Å². The Balaban J connectivity index is 2.28. The van der Waals surface area contributed by atoms with Gasteiger partial charge in [0.25, 0.3) is 5.91 Å². The third-order valence-electron chi connectivity index (χ3n) is 2.94. The van der Waals surface area contributed by atoms with E-state index in [9.17, 15) is 4.79 Å². The molecular weight excluding hydrogens is 260 g/mol. The van der Waals surface area contributed by atoms with Crippen molar-refractivity contribution in [1.29, 1.82) is 0 Å². The lowest BCUT2D eigenvalue weighted by molar-refractivity contribution is 0.102. The van der Waals surface area contributed by atoms with Gasteiger partial charge in [0.05, 0.1) is 0 Å². The smallest absolute Gasteiger partial charge is 0.255 e. The number of aryl methyl sites for hydroxylation is 2. The molecule has 0 radical (unpaired) electrons. The molecule has 19 heavy (non-hydrogen) atoms. The Labute approximate surface area is 117 Å². The highest BCUT2D eigenvalue weighted by Crippen LogP contribution is 2.21. The molecule has 3 N–H and O–H groups in total. The molecule has 0 bridgehead atoms. The third-order valence-corrected chi connectivity index (χ3v) is 3.18. The molecule has 0 atom stereocenters. The fourth-order valence-electron chi connectivity index (χ4n) is 1.85. The summed E-state index contributed by atoms with van der Waals surface area (Å²) in [5.41, 5.74) is 9.47. The van der Waals surface area contributed by atoms with Crippen LogP contribution in [0.25, 0.3) is 0 Å². The third kappa shape index (κ3) is 3.06. The fraction of sp³-hybridized carbons (Fsp3) is 0.133. The van der Waals surface area contributed by atoms with Gasteiger partial charge in [-0.1, -0.05) is 17.7 Å². The molecule has 2 rings (SSSR count). The molecule has 0 heterocycles. The van der Waals surface area contributed by atoms with Gasteiger partial charge in [0.2, 0.25) is 0 Å². The van der Waals surface area contributed by atoms with Gasteiger partial charge in [0, 0.05) is 22.0 Å². The van der Waals surface area contributed by atoms with Crippen LogP contribution in [0.4, 0.5) is 11.4 Å². The van der Waals surface area contributed by atoms with E-state index in [0.29, 0.717) is 16.3 Å². The van der Waals surface area contributed by atoms with Crippen molar-refractivity contribution in [1.82, 2.24) is 0 Å². The first-order chi connectivity index (χ1) is 8.97. The Bertz CT molecular complexity index is 638. The minimum atomic E-state index is -0.164. The second-order valence-electron chi connectivity index (χ2n) is 4.49. The number of hydrogen-bond acceptors (Lipinski definition) is 2. The summed E-state index contributed by atoms with van der Waals surface area (Å²) >= 11 is 5.88. The number of anilines is 2. The summed E-state index contributed by atoms with van der Waals surface area (Å²) in [5, 5.41) is 3.49. The zero-order chi connectivity index (χ0) is 14.0. The van der Waals surface area contributed by atoms with Crippen LogP contribution in [0.5, 0.6) is 0 Å². The van der Waals surface area contributed by atoms with Gasteiger partial charge in [-0.15, -0.1) is 0 Å². The Morgan fingerprint density at radius 2 is 1.84 bits per heavy atom. The van der Waals surface area contributed by atoms with Crippen molar-refractivity contribution >= 4 is 28.9 Å². The first-order valence-electron chi connectivity index (χ1n) is 5.91. The van der Waals surface area contributed by atoms with Gasteiger partial charge in [-0.3, -0.25) is 4.79 Å². The number of nitrogens with one attached hydrogen (secondary N) is 1. The Kier molecular flexibility index (Phi) is 3.76. The van der Waals surface area contributed by atoms with Crippen molar-refractivity contribution < 1.29 is 4.79 Å². The van der Waals surface area contributed by atoms with Crippen molar-refractivity contribution in [2.75, 3.05) is 11.1 Å².